The van der Waals surface area contributed by atoms with E-state index in [0.29, 0.717) is 0 Å². The number of aliphatic hydroxyl groups is 1. The Morgan fingerprint density at radius 1 is 1.44 bits per heavy atom. The van der Waals surface area contributed by atoms with Crippen LogP contribution in [0.5, 0.6) is 0 Å². The van der Waals surface area contributed by atoms with Crippen LogP contribution in [-0.2, 0) is 6.54 Å². The Labute approximate surface area is 96.8 Å². The Hall–Kier alpha value is -1.09. The molecule has 1 N–H and O–H groups in total. The molecule has 1 aliphatic rings. The largest absolute Gasteiger partial charge is 0.382 e. The third-order valence-corrected chi connectivity index (χ3v) is 3.26. The minimum atomic E-state index is -0.458. The number of aromatic nitrogens is 2. The maximum Gasteiger partial charge on any atom is 0.117 e. The first-order valence-corrected chi connectivity index (χ1v) is 6.21. The van der Waals surface area contributed by atoms with Gasteiger partial charge in [-0.2, -0.15) is 5.10 Å². The van der Waals surface area contributed by atoms with Gasteiger partial charge in [0.05, 0.1) is 5.69 Å². The highest BCUT2D eigenvalue weighted by Gasteiger charge is 2.17. The van der Waals surface area contributed by atoms with E-state index in [1.165, 1.54) is 24.8 Å². The fourth-order valence-electron chi connectivity index (χ4n) is 2.32. The van der Waals surface area contributed by atoms with E-state index in [0.717, 1.165) is 25.1 Å². The molecule has 88 valence electrons. The molecular formula is C13H20N2O. The highest BCUT2D eigenvalue weighted by molar-refractivity contribution is 5.20. The fraction of sp³-hybridized carbons (Fsp3) is 0.615. The van der Waals surface area contributed by atoms with Gasteiger partial charge in [0.1, 0.15) is 6.10 Å². The van der Waals surface area contributed by atoms with E-state index in [1.54, 1.807) is 6.20 Å². The molecule has 3 nitrogen and oxygen atoms in total. The van der Waals surface area contributed by atoms with E-state index in [9.17, 15) is 5.11 Å². The minimum Gasteiger partial charge on any atom is -0.382 e. The van der Waals surface area contributed by atoms with Gasteiger partial charge in [-0.15, -0.1) is 0 Å². The summed E-state index contributed by atoms with van der Waals surface area (Å²) < 4.78 is 1.87. The lowest BCUT2D eigenvalue weighted by Crippen LogP contribution is -2.10. The van der Waals surface area contributed by atoms with Crippen molar-refractivity contribution in [3.8, 4) is 0 Å². The fourth-order valence-corrected chi connectivity index (χ4v) is 2.32. The minimum absolute atomic E-state index is 0.458. The number of allylic oxidation sites excluding steroid dienone is 1. The molecule has 1 atom stereocenters. The molecule has 0 spiro atoms. The lowest BCUT2D eigenvalue weighted by Gasteiger charge is -2.15. The second kappa shape index (κ2) is 5.30. The zero-order valence-electron chi connectivity index (χ0n) is 9.89. The van der Waals surface area contributed by atoms with Crippen molar-refractivity contribution in [2.45, 2.75) is 51.7 Å². The second-order valence-corrected chi connectivity index (χ2v) is 4.35. The van der Waals surface area contributed by atoms with E-state index >= 15 is 0 Å². The van der Waals surface area contributed by atoms with Gasteiger partial charge in [-0.05, 0) is 44.2 Å². The molecule has 1 unspecified atom stereocenters. The molecule has 0 aromatic carbocycles. The molecule has 0 saturated carbocycles. The van der Waals surface area contributed by atoms with E-state index in [4.69, 9.17) is 0 Å². The number of hydrogen-bond donors (Lipinski definition) is 1. The third kappa shape index (κ3) is 2.35. The van der Waals surface area contributed by atoms with E-state index in [1.807, 2.05) is 17.7 Å². The third-order valence-electron chi connectivity index (χ3n) is 3.26. The second-order valence-electron chi connectivity index (χ2n) is 4.35. The van der Waals surface area contributed by atoms with Crippen LogP contribution in [0, 0.1) is 0 Å². The zero-order chi connectivity index (χ0) is 11.4. The molecule has 1 aromatic rings. The molecule has 0 fully saturated rings. The lowest BCUT2D eigenvalue weighted by molar-refractivity contribution is 0.198. The van der Waals surface area contributed by atoms with Crippen LogP contribution in [0.2, 0.25) is 0 Å². The standard InChI is InChI=1S/C13H20N2O/c1-2-15-12(9-10-14-15)13(16)11-7-5-3-4-6-8-11/h7,9-10,13,16H,2-6,8H2,1H3. The van der Waals surface area contributed by atoms with Gasteiger partial charge in [-0.25, -0.2) is 0 Å². The normalized spacial score (nSPS) is 19.0. The quantitative estimate of drug-likeness (QED) is 0.795. The van der Waals surface area contributed by atoms with Crippen LogP contribution in [0.25, 0.3) is 0 Å². The molecule has 1 aromatic heterocycles. The van der Waals surface area contributed by atoms with E-state index in [2.05, 4.69) is 11.2 Å². The van der Waals surface area contributed by atoms with Gasteiger partial charge < -0.3 is 5.11 Å². The molecule has 16 heavy (non-hydrogen) atoms. The number of rotatable bonds is 3. The van der Waals surface area contributed by atoms with Gasteiger partial charge in [0, 0.05) is 12.7 Å². The summed E-state index contributed by atoms with van der Waals surface area (Å²) in [5.41, 5.74) is 2.10. The van der Waals surface area contributed by atoms with Crippen LogP contribution in [0.3, 0.4) is 0 Å². The molecule has 0 radical (unpaired) electrons. The maximum atomic E-state index is 10.3. The highest BCUT2D eigenvalue weighted by Crippen LogP contribution is 2.28. The predicted octanol–water partition coefficient (Wildman–Crippen LogP) is 2.83. The Balaban J connectivity index is 2.17. The van der Waals surface area contributed by atoms with E-state index in [-0.39, 0.29) is 0 Å². The Morgan fingerprint density at radius 2 is 2.31 bits per heavy atom. The van der Waals surface area contributed by atoms with Crippen molar-refractivity contribution in [1.82, 2.24) is 9.78 Å². The molecule has 2 rings (SSSR count). The first-order chi connectivity index (χ1) is 7.83. The van der Waals surface area contributed by atoms with Crippen molar-refractivity contribution >= 4 is 0 Å². The molecular weight excluding hydrogens is 200 g/mol. The summed E-state index contributed by atoms with van der Waals surface area (Å²) >= 11 is 0. The van der Waals surface area contributed by atoms with Crippen molar-refractivity contribution in [1.29, 1.82) is 0 Å². The lowest BCUT2D eigenvalue weighted by atomic mass is 10.0. The van der Waals surface area contributed by atoms with Crippen molar-refractivity contribution in [3.05, 3.63) is 29.6 Å². The number of aliphatic hydroxyl groups excluding tert-OH is 1. The van der Waals surface area contributed by atoms with E-state index < -0.39 is 6.10 Å². The summed E-state index contributed by atoms with van der Waals surface area (Å²) in [4.78, 5) is 0. The van der Waals surface area contributed by atoms with Crippen LogP contribution >= 0.6 is 0 Å². The summed E-state index contributed by atoms with van der Waals surface area (Å²) in [6, 6.07) is 1.92. The van der Waals surface area contributed by atoms with Gasteiger partial charge in [-0.3, -0.25) is 4.68 Å². The molecule has 0 saturated heterocycles. The van der Waals surface area contributed by atoms with Crippen LogP contribution < -0.4 is 0 Å². The van der Waals surface area contributed by atoms with Crippen LogP contribution in [-0.4, -0.2) is 14.9 Å². The molecule has 0 bridgehead atoms. The first kappa shape index (κ1) is 11.4. The average Bonchev–Trinajstić information content (AvgIpc) is 2.61. The molecule has 0 aliphatic heterocycles. The van der Waals surface area contributed by atoms with Crippen LogP contribution in [0.1, 0.15) is 50.8 Å². The van der Waals surface area contributed by atoms with Crippen molar-refractivity contribution in [3.63, 3.8) is 0 Å². The monoisotopic (exact) mass is 220 g/mol. The molecule has 0 amide bonds. The van der Waals surface area contributed by atoms with Gasteiger partial charge in [0.25, 0.3) is 0 Å². The average molecular weight is 220 g/mol. The summed E-state index contributed by atoms with van der Waals surface area (Å²) in [6.45, 7) is 2.86. The highest BCUT2D eigenvalue weighted by atomic mass is 16.3. The summed E-state index contributed by atoms with van der Waals surface area (Å²) in [6.07, 6.45) is 9.37. The summed E-state index contributed by atoms with van der Waals surface area (Å²) in [7, 11) is 0. The van der Waals surface area contributed by atoms with Gasteiger partial charge in [0.15, 0.2) is 0 Å². The number of hydrogen-bond acceptors (Lipinski definition) is 2. The number of nitrogens with zero attached hydrogens (tertiary/aromatic N) is 2. The summed E-state index contributed by atoms with van der Waals surface area (Å²) in [5, 5.41) is 14.5. The number of aryl methyl sites for hydroxylation is 1. The van der Waals surface area contributed by atoms with Gasteiger partial charge >= 0.3 is 0 Å². The van der Waals surface area contributed by atoms with Crippen molar-refractivity contribution < 1.29 is 5.11 Å². The van der Waals surface area contributed by atoms with Crippen molar-refractivity contribution in [2.24, 2.45) is 0 Å². The molecule has 3 heteroatoms. The van der Waals surface area contributed by atoms with Gasteiger partial charge in [0.2, 0.25) is 0 Å². The van der Waals surface area contributed by atoms with Crippen molar-refractivity contribution in [2.75, 3.05) is 0 Å². The van der Waals surface area contributed by atoms with Crippen LogP contribution in [0.15, 0.2) is 23.9 Å². The first-order valence-electron chi connectivity index (χ1n) is 6.21. The Kier molecular flexibility index (Phi) is 3.78. The maximum absolute atomic E-state index is 10.3. The Bertz CT molecular complexity index is 368. The molecule has 1 heterocycles. The van der Waals surface area contributed by atoms with Gasteiger partial charge in [-0.1, -0.05) is 12.5 Å². The Morgan fingerprint density at radius 3 is 3.12 bits per heavy atom. The molecule has 1 aliphatic carbocycles. The zero-order valence-corrected chi connectivity index (χ0v) is 9.89. The SMILES string of the molecule is CCn1nccc1C(O)C1=CCCCCC1. The predicted molar refractivity (Wildman–Crippen MR) is 64.0 cm³/mol. The topological polar surface area (TPSA) is 38.0 Å². The summed E-state index contributed by atoms with van der Waals surface area (Å²) in [5.74, 6) is 0. The smallest absolute Gasteiger partial charge is 0.117 e. The van der Waals surface area contributed by atoms with Crippen LogP contribution in [0.4, 0.5) is 0 Å².